The third-order valence-electron chi connectivity index (χ3n) is 5.59. The first kappa shape index (κ1) is 20.1. The van der Waals surface area contributed by atoms with Gasteiger partial charge in [-0.3, -0.25) is 0 Å². The largest absolute Gasteiger partial charge is 0.380 e. The number of anilines is 1. The molecule has 0 spiro atoms. The van der Waals surface area contributed by atoms with Crippen LogP contribution in [0.5, 0.6) is 0 Å². The van der Waals surface area contributed by atoms with Gasteiger partial charge in [-0.15, -0.1) is 0 Å². The van der Waals surface area contributed by atoms with Crippen molar-refractivity contribution < 1.29 is 8.42 Å². The van der Waals surface area contributed by atoms with Crippen LogP contribution in [0.2, 0.25) is 0 Å². The number of benzene rings is 2. The quantitative estimate of drug-likeness (QED) is 0.684. The van der Waals surface area contributed by atoms with E-state index in [9.17, 15) is 13.7 Å². The fraction of sp³-hybridized carbons (Fsp3) is 0.273. The predicted octanol–water partition coefficient (Wildman–Crippen LogP) is 2.87. The average molecular weight is 422 g/mol. The number of hydrogen-bond acceptors (Lipinski definition) is 5. The number of aryl methyl sites for hydroxylation is 1. The van der Waals surface area contributed by atoms with Crippen LogP contribution < -0.4 is 5.32 Å². The molecule has 2 heterocycles. The number of imidazole rings is 1. The Balaban J connectivity index is 1.68. The molecule has 30 heavy (non-hydrogen) atoms. The Morgan fingerprint density at radius 2 is 1.90 bits per heavy atom. The third-order valence-corrected chi connectivity index (χ3v) is 7.31. The topological polar surface area (TPSA) is 91.0 Å². The minimum Gasteiger partial charge on any atom is -0.380 e. The van der Waals surface area contributed by atoms with Crippen LogP contribution in [0.25, 0.3) is 0 Å². The molecule has 2 atom stereocenters. The second-order valence-corrected chi connectivity index (χ2v) is 9.44. The standard InChI is InChI=1S/C22H23N5O2S/c1-16-18(11-23)9-6-10-20(16)25-21-13-27(12-19(21)17-7-4-3-5-8-17)30(28,29)22-14-26(2)15-24-22/h3-10,14-15,19,21,25H,12-13H2,1-2H3. The number of hydrogen-bond donors (Lipinski definition) is 1. The number of sulfonamides is 1. The SMILES string of the molecule is Cc1c(C#N)cccc1NC1CN(S(=O)(=O)c2cn(C)cn2)CC1c1ccccc1. The van der Waals surface area contributed by atoms with E-state index < -0.39 is 10.0 Å². The Bertz CT molecular complexity index is 1200. The van der Waals surface area contributed by atoms with E-state index in [1.165, 1.54) is 16.8 Å². The van der Waals surface area contributed by atoms with Gasteiger partial charge < -0.3 is 9.88 Å². The maximum absolute atomic E-state index is 13.2. The summed E-state index contributed by atoms with van der Waals surface area (Å²) in [7, 11) is -1.95. The molecule has 1 aliphatic heterocycles. The Labute approximate surface area is 176 Å². The van der Waals surface area contributed by atoms with Gasteiger partial charge in [-0.2, -0.15) is 9.57 Å². The second kappa shape index (κ2) is 7.94. The van der Waals surface area contributed by atoms with Gasteiger partial charge in [-0.1, -0.05) is 36.4 Å². The number of rotatable bonds is 5. The zero-order valence-electron chi connectivity index (χ0n) is 16.9. The summed E-state index contributed by atoms with van der Waals surface area (Å²) >= 11 is 0. The van der Waals surface area contributed by atoms with Gasteiger partial charge in [0.2, 0.25) is 0 Å². The zero-order valence-corrected chi connectivity index (χ0v) is 17.7. The first-order valence-electron chi connectivity index (χ1n) is 9.69. The molecule has 1 aromatic heterocycles. The highest BCUT2D eigenvalue weighted by Gasteiger charge is 2.41. The van der Waals surface area contributed by atoms with Crippen molar-refractivity contribution in [1.82, 2.24) is 13.9 Å². The number of aromatic nitrogens is 2. The van der Waals surface area contributed by atoms with E-state index in [-0.39, 0.29) is 17.0 Å². The lowest BCUT2D eigenvalue weighted by Crippen LogP contribution is -2.32. The predicted molar refractivity (Wildman–Crippen MR) is 114 cm³/mol. The van der Waals surface area contributed by atoms with Crippen LogP contribution in [0.1, 0.15) is 22.6 Å². The molecule has 154 valence electrons. The molecule has 1 fully saturated rings. The Morgan fingerprint density at radius 3 is 2.57 bits per heavy atom. The average Bonchev–Trinajstić information content (AvgIpc) is 3.37. The van der Waals surface area contributed by atoms with Crippen molar-refractivity contribution in [2.75, 3.05) is 18.4 Å². The first-order valence-corrected chi connectivity index (χ1v) is 11.1. The molecule has 1 N–H and O–H groups in total. The van der Waals surface area contributed by atoms with Crippen LogP contribution in [0, 0.1) is 18.3 Å². The highest BCUT2D eigenvalue weighted by atomic mass is 32.2. The molecule has 2 aromatic carbocycles. The van der Waals surface area contributed by atoms with Gasteiger partial charge >= 0.3 is 0 Å². The van der Waals surface area contributed by atoms with Crippen LogP contribution in [0.3, 0.4) is 0 Å². The molecule has 0 saturated carbocycles. The monoisotopic (exact) mass is 421 g/mol. The number of nitrogens with one attached hydrogen (secondary N) is 1. The second-order valence-electron chi connectivity index (χ2n) is 7.56. The lowest BCUT2D eigenvalue weighted by Gasteiger charge is -2.22. The Morgan fingerprint density at radius 1 is 1.13 bits per heavy atom. The molecule has 0 bridgehead atoms. The Hall–Kier alpha value is -3.15. The summed E-state index contributed by atoms with van der Waals surface area (Å²) in [6.07, 6.45) is 3.01. The fourth-order valence-electron chi connectivity index (χ4n) is 3.92. The summed E-state index contributed by atoms with van der Waals surface area (Å²) in [6, 6.07) is 17.5. The molecule has 0 aliphatic carbocycles. The minimum atomic E-state index is -3.70. The summed E-state index contributed by atoms with van der Waals surface area (Å²) in [6.45, 7) is 2.57. The third kappa shape index (κ3) is 3.70. The van der Waals surface area contributed by atoms with Crippen molar-refractivity contribution in [3.8, 4) is 6.07 Å². The van der Waals surface area contributed by atoms with E-state index in [0.29, 0.717) is 18.7 Å². The van der Waals surface area contributed by atoms with E-state index in [1.54, 1.807) is 17.7 Å². The molecule has 8 heteroatoms. The normalized spacial score (nSPS) is 19.5. The van der Waals surface area contributed by atoms with Crippen LogP contribution in [0.4, 0.5) is 5.69 Å². The zero-order chi connectivity index (χ0) is 21.3. The maximum atomic E-state index is 13.2. The van der Waals surface area contributed by atoms with E-state index in [0.717, 1.165) is 16.8 Å². The minimum absolute atomic E-state index is 0.0326. The first-order chi connectivity index (χ1) is 14.4. The van der Waals surface area contributed by atoms with E-state index in [2.05, 4.69) is 16.4 Å². The van der Waals surface area contributed by atoms with E-state index in [4.69, 9.17) is 0 Å². The lowest BCUT2D eigenvalue weighted by molar-refractivity contribution is 0.468. The fourth-order valence-corrected chi connectivity index (χ4v) is 5.37. The van der Waals surface area contributed by atoms with Crippen molar-refractivity contribution in [2.24, 2.45) is 7.05 Å². The van der Waals surface area contributed by atoms with Crippen molar-refractivity contribution >= 4 is 15.7 Å². The molecule has 4 rings (SSSR count). The van der Waals surface area contributed by atoms with Crippen LogP contribution in [0.15, 0.2) is 66.1 Å². The van der Waals surface area contributed by atoms with Gasteiger partial charge in [0, 0.05) is 44.0 Å². The summed E-state index contributed by atoms with van der Waals surface area (Å²) in [4.78, 5) is 4.05. The molecular formula is C22H23N5O2S. The van der Waals surface area contributed by atoms with Gasteiger partial charge in [0.05, 0.1) is 18.0 Å². The van der Waals surface area contributed by atoms with Crippen molar-refractivity contribution in [3.63, 3.8) is 0 Å². The molecule has 1 aliphatic rings. The Kier molecular flexibility index (Phi) is 5.33. The van der Waals surface area contributed by atoms with Gasteiger partial charge in [0.25, 0.3) is 10.0 Å². The van der Waals surface area contributed by atoms with Gasteiger partial charge in [0.15, 0.2) is 5.03 Å². The van der Waals surface area contributed by atoms with E-state index in [1.807, 2.05) is 49.4 Å². The molecule has 0 amide bonds. The van der Waals surface area contributed by atoms with Crippen LogP contribution in [-0.2, 0) is 17.1 Å². The highest BCUT2D eigenvalue weighted by molar-refractivity contribution is 7.89. The highest BCUT2D eigenvalue weighted by Crippen LogP contribution is 2.34. The van der Waals surface area contributed by atoms with Crippen molar-refractivity contribution in [1.29, 1.82) is 5.26 Å². The van der Waals surface area contributed by atoms with Crippen LogP contribution >= 0.6 is 0 Å². The van der Waals surface area contributed by atoms with Gasteiger partial charge in [0.1, 0.15) is 0 Å². The summed E-state index contributed by atoms with van der Waals surface area (Å²) < 4.78 is 29.5. The molecular weight excluding hydrogens is 398 g/mol. The molecule has 3 aromatic rings. The number of nitrogens with zero attached hydrogens (tertiary/aromatic N) is 4. The van der Waals surface area contributed by atoms with Crippen molar-refractivity contribution in [3.05, 3.63) is 77.7 Å². The summed E-state index contributed by atoms with van der Waals surface area (Å²) in [5, 5.41) is 12.9. The van der Waals surface area contributed by atoms with Crippen molar-refractivity contribution in [2.45, 2.75) is 23.9 Å². The van der Waals surface area contributed by atoms with Crippen LogP contribution in [-0.4, -0.2) is 41.4 Å². The smallest absolute Gasteiger partial charge is 0.262 e. The summed E-state index contributed by atoms with van der Waals surface area (Å²) in [5.41, 5.74) is 3.38. The maximum Gasteiger partial charge on any atom is 0.262 e. The summed E-state index contributed by atoms with van der Waals surface area (Å²) in [5.74, 6) is -0.0326. The van der Waals surface area contributed by atoms with E-state index >= 15 is 0 Å². The lowest BCUT2D eigenvalue weighted by atomic mass is 9.94. The number of nitriles is 1. The molecule has 0 radical (unpaired) electrons. The molecule has 7 nitrogen and oxygen atoms in total. The van der Waals surface area contributed by atoms with Gasteiger partial charge in [-0.05, 0) is 30.2 Å². The van der Waals surface area contributed by atoms with Gasteiger partial charge in [-0.25, -0.2) is 13.4 Å². The molecule has 1 saturated heterocycles. The molecule has 2 unspecified atom stereocenters.